The van der Waals surface area contributed by atoms with Gasteiger partial charge < -0.3 is 10.2 Å². The van der Waals surface area contributed by atoms with Gasteiger partial charge in [0.15, 0.2) is 0 Å². The highest BCUT2D eigenvalue weighted by Crippen LogP contribution is 2.67. The zero-order valence-electron chi connectivity index (χ0n) is 17.4. The lowest BCUT2D eigenvalue weighted by Crippen LogP contribution is -2.57. The van der Waals surface area contributed by atoms with E-state index in [-0.39, 0.29) is 11.5 Å². The second-order valence-corrected chi connectivity index (χ2v) is 10.8. The maximum atomic E-state index is 11.2. The van der Waals surface area contributed by atoms with Gasteiger partial charge in [0.05, 0.1) is 6.10 Å². The first-order chi connectivity index (χ1) is 12.8. The van der Waals surface area contributed by atoms with E-state index in [0.29, 0.717) is 47.3 Å². The van der Waals surface area contributed by atoms with Crippen molar-refractivity contribution >= 4 is 5.97 Å². The molecule has 0 amide bonds. The Kier molecular flexibility index (Phi) is 4.98. The third-order valence-electron chi connectivity index (χ3n) is 9.80. The van der Waals surface area contributed by atoms with E-state index in [9.17, 15) is 9.90 Å². The van der Waals surface area contributed by atoms with Crippen LogP contribution in [0.1, 0.15) is 78.6 Å². The summed E-state index contributed by atoms with van der Waals surface area (Å²) in [5.41, 5.74) is 0.654. The predicted molar refractivity (Wildman–Crippen MR) is 107 cm³/mol. The minimum atomic E-state index is -0.669. The monoisotopic (exact) mass is 374 g/mol. The number of allylic oxidation sites excluding steroid dienone is 2. The SMILES string of the molecule is C[C@H](CCC(=O)O)[C@H]1CC[C@H]2[C@@H]3[C@H](O)C[C@@H]4CC=CC[C@]4(C)[C@H]3CC[C@]12C. The van der Waals surface area contributed by atoms with Crippen LogP contribution in [0, 0.1) is 46.3 Å². The molecule has 0 aromatic carbocycles. The molecule has 0 bridgehead atoms. The van der Waals surface area contributed by atoms with Crippen LogP contribution in [0.15, 0.2) is 12.2 Å². The Balaban J connectivity index is 1.57. The van der Waals surface area contributed by atoms with Gasteiger partial charge in [-0.25, -0.2) is 0 Å². The van der Waals surface area contributed by atoms with Gasteiger partial charge in [-0.15, -0.1) is 0 Å². The van der Waals surface area contributed by atoms with E-state index in [1.54, 1.807) is 0 Å². The Morgan fingerprint density at radius 3 is 2.63 bits per heavy atom. The molecule has 3 heteroatoms. The molecule has 0 aromatic heterocycles. The molecule has 0 saturated heterocycles. The Morgan fingerprint density at radius 2 is 1.89 bits per heavy atom. The molecule has 3 nitrogen and oxygen atoms in total. The lowest BCUT2D eigenvalue weighted by molar-refractivity contribution is -0.154. The van der Waals surface area contributed by atoms with Crippen molar-refractivity contribution in [3.63, 3.8) is 0 Å². The van der Waals surface area contributed by atoms with Crippen molar-refractivity contribution in [2.75, 3.05) is 0 Å². The van der Waals surface area contributed by atoms with Gasteiger partial charge in [0.25, 0.3) is 0 Å². The predicted octanol–water partition coefficient (Wildman–Crippen LogP) is 5.28. The Morgan fingerprint density at radius 1 is 1.15 bits per heavy atom. The van der Waals surface area contributed by atoms with Crippen molar-refractivity contribution in [2.45, 2.75) is 84.7 Å². The lowest BCUT2D eigenvalue weighted by atomic mass is 9.44. The van der Waals surface area contributed by atoms with Crippen molar-refractivity contribution in [1.29, 1.82) is 0 Å². The molecule has 0 radical (unpaired) electrons. The molecule has 4 aliphatic rings. The van der Waals surface area contributed by atoms with Crippen molar-refractivity contribution in [3.05, 3.63) is 12.2 Å². The molecule has 4 aliphatic carbocycles. The van der Waals surface area contributed by atoms with E-state index in [1.807, 2.05) is 0 Å². The summed E-state index contributed by atoms with van der Waals surface area (Å²) in [5.74, 6) is 2.79. The normalized spacial score (nSPS) is 49.8. The minimum absolute atomic E-state index is 0.141. The van der Waals surface area contributed by atoms with Crippen LogP contribution >= 0.6 is 0 Å². The molecular weight excluding hydrogens is 336 g/mol. The molecule has 4 rings (SSSR count). The summed E-state index contributed by atoms with van der Waals surface area (Å²) in [4.78, 5) is 11.0. The summed E-state index contributed by atoms with van der Waals surface area (Å²) in [6.07, 6.45) is 13.9. The number of carbonyl (C=O) groups is 1. The third kappa shape index (κ3) is 2.99. The quantitative estimate of drug-likeness (QED) is 0.658. The van der Waals surface area contributed by atoms with Crippen LogP contribution in [-0.4, -0.2) is 22.3 Å². The van der Waals surface area contributed by atoms with Gasteiger partial charge in [0.2, 0.25) is 0 Å². The standard InChI is InChI=1S/C24H38O3/c1-15(7-10-21(26)27)17-8-9-18-22-19(11-13-24(17,18)3)23(2)12-5-4-6-16(23)14-20(22)25/h4-5,15-20,22,25H,6-14H2,1-3H3,(H,26,27)/t15-,16+,17-,18+,19+,20-,22+,23+,24-/m1/s1. The number of carboxylic acid groups (broad SMARTS) is 1. The Hall–Kier alpha value is -0.830. The molecule has 0 aliphatic heterocycles. The number of hydrogen-bond donors (Lipinski definition) is 2. The van der Waals surface area contributed by atoms with E-state index < -0.39 is 5.97 Å². The zero-order valence-corrected chi connectivity index (χ0v) is 17.4. The fourth-order valence-electron chi connectivity index (χ4n) is 8.33. The third-order valence-corrected chi connectivity index (χ3v) is 9.80. The molecule has 9 atom stereocenters. The van der Waals surface area contributed by atoms with E-state index >= 15 is 0 Å². The fourth-order valence-corrected chi connectivity index (χ4v) is 8.33. The minimum Gasteiger partial charge on any atom is -0.481 e. The Bertz CT molecular complexity index is 613. The van der Waals surface area contributed by atoms with Crippen molar-refractivity contribution in [1.82, 2.24) is 0 Å². The first-order valence-corrected chi connectivity index (χ1v) is 11.3. The summed E-state index contributed by atoms with van der Waals surface area (Å²) in [6, 6.07) is 0. The van der Waals surface area contributed by atoms with Crippen LogP contribution in [0.2, 0.25) is 0 Å². The zero-order chi connectivity index (χ0) is 19.4. The van der Waals surface area contributed by atoms with Gasteiger partial charge >= 0.3 is 5.97 Å². The maximum absolute atomic E-state index is 11.2. The van der Waals surface area contributed by atoms with Crippen LogP contribution in [0.3, 0.4) is 0 Å². The maximum Gasteiger partial charge on any atom is 0.303 e. The molecule has 0 heterocycles. The van der Waals surface area contributed by atoms with Gasteiger partial charge in [-0.3, -0.25) is 4.79 Å². The average molecular weight is 375 g/mol. The smallest absolute Gasteiger partial charge is 0.303 e. The molecule has 0 spiro atoms. The molecule has 3 saturated carbocycles. The number of fused-ring (bicyclic) bond motifs is 5. The van der Waals surface area contributed by atoms with E-state index in [0.717, 1.165) is 19.3 Å². The van der Waals surface area contributed by atoms with Crippen molar-refractivity contribution in [2.24, 2.45) is 46.3 Å². The highest BCUT2D eigenvalue weighted by atomic mass is 16.4. The topological polar surface area (TPSA) is 57.5 Å². The van der Waals surface area contributed by atoms with Gasteiger partial charge in [0.1, 0.15) is 0 Å². The van der Waals surface area contributed by atoms with E-state index in [4.69, 9.17) is 5.11 Å². The summed E-state index contributed by atoms with van der Waals surface area (Å²) < 4.78 is 0. The Labute approximate surface area is 164 Å². The molecule has 0 aromatic rings. The van der Waals surface area contributed by atoms with Crippen molar-refractivity contribution in [3.8, 4) is 0 Å². The number of hydrogen-bond acceptors (Lipinski definition) is 2. The summed E-state index contributed by atoms with van der Waals surface area (Å²) in [6.45, 7) is 7.26. The summed E-state index contributed by atoms with van der Waals surface area (Å²) in [7, 11) is 0. The molecular formula is C24H38O3. The number of rotatable bonds is 4. The first-order valence-electron chi connectivity index (χ1n) is 11.3. The summed E-state index contributed by atoms with van der Waals surface area (Å²) >= 11 is 0. The second kappa shape index (κ2) is 6.90. The molecule has 3 fully saturated rings. The molecule has 0 unspecified atom stereocenters. The highest BCUT2D eigenvalue weighted by Gasteiger charge is 2.62. The van der Waals surface area contributed by atoms with Gasteiger partial charge in [0, 0.05) is 6.42 Å². The van der Waals surface area contributed by atoms with Crippen molar-refractivity contribution < 1.29 is 15.0 Å². The number of carboxylic acids is 1. The van der Waals surface area contributed by atoms with E-state index in [2.05, 4.69) is 32.9 Å². The van der Waals surface area contributed by atoms with Crippen LogP contribution in [0.25, 0.3) is 0 Å². The highest BCUT2D eigenvalue weighted by molar-refractivity contribution is 5.66. The largest absolute Gasteiger partial charge is 0.481 e. The van der Waals surface area contributed by atoms with Crippen LogP contribution in [0.5, 0.6) is 0 Å². The van der Waals surface area contributed by atoms with Gasteiger partial charge in [-0.1, -0.05) is 32.9 Å². The fraction of sp³-hybridized carbons (Fsp3) is 0.875. The van der Waals surface area contributed by atoms with Gasteiger partial charge in [-0.2, -0.15) is 0 Å². The molecule has 27 heavy (non-hydrogen) atoms. The molecule has 152 valence electrons. The number of aliphatic hydroxyl groups excluding tert-OH is 1. The summed E-state index contributed by atoms with van der Waals surface area (Å²) in [5, 5.41) is 20.3. The number of aliphatic carboxylic acids is 1. The first kappa shape index (κ1) is 19.5. The van der Waals surface area contributed by atoms with Gasteiger partial charge in [-0.05, 0) is 97.7 Å². The van der Waals surface area contributed by atoms with Crippen LogP contribution in [0.4, 0.5) is 0 Å². The number of aliphatic hydroxyl groups is 1. The second-order valence-electron chi connectivity index (χ2n) is 10.8. The average Bonchev–Trinajstić information content (AvgIpc) is 2.97. The molecule has 2 N–H and O–H groups in total. The van der Waals surface area contributed by atoms with Crippen LogP contribution < -0.4 is 0 Å². The van der Waals surface area contributed by atoms with E-state index in [1.165, 1.54) is 32.1 Å². The lowest BCUT2D eigenvalue weighted by Gasteiger charge is -2.61. The van der Waals surface area contributed by atoms with Crippen LogP contribution in [-0.2, 0) is 4.79 Å².